The number of rotatable bonds is 8. The first-order valence-corrected chi connectivity index (χ1v) is 11.6. The molecule has 0 atom stereocenters. The van der Waals surface area contributed by atoms with Gasteiger partial charge in [-0.25, -0.2) is 22.2 Å². The zero-order valence-electron chi connectivity index (χ0n) is 19.4. The van der Waals surface area contributed by atoms with E-state index in [2.05, 4.69) is 15.5 Å². The quantitative estimate of drug-likeness (QED) is 0.371. The van der Waals surface area contributed by atoms with Crippen molar-refractivity contribution in [3.8, 4) is 11.6 Å². The topological polar surface area (TPSA) is 125 Å². The standard InChI is InChI=1S/C24H23F3N6O4/c25-13-1-7-19-21(22(28)34)24(31-33(19)10-13)37-15-4-2-14(3-5-15)30-23(35)17-9-29-32-11-16(6-8-18(17)32)36-12-20(26)27/h1,6-11,14-15,20H,2-5,12H2,(H2,28,34)(H,30,35). The van der Waals surface area contributed by atoms with Gasteiger partial charge in [0.1, 0.15) is 29.8 Å². The Kier molecular flexibility index (Phi) is 6.59. The van der Waals surface area contributed by atoms with Gasteiger partial charge in [0.15, 0.2) is 0 Å². The number of amides is 2. The molecule has 1 aliphatic rings. The second kappa shape index (κ2) is 9.99. The van der Waals surface area contributed by atoms with Crippen LogP contribution in [0.15, 0.2) is 42.9 Å². The Morgan fingerprint density at radius 3 is 2.57 bits per heavy atom. The van der Waals surface area contributed by atoms with Gasteiger partial charge < -0.3 is 20.5 Å². The van der Waals surface area contributed by atoms with Gasteiger partial charge in [-0.2, -0.15) is 5.10 Å². The first kappa shape index (κ1) is 24.4. The third-order valence-corrected chi connectivity index (χ3v) is 6.21. The van der Waals surface area contributed by atoms with Crippen molar-refractivity contribution in [3.05, 3.63) is 59.8 Å². The molecular weight excluding hydrogens is 493 g/mol. The molecule has 4 aromatic heterocycles. The first-order chi connectivity index (χ1) is 17.8. The van der Waals surface area contributed by atoms with E-state index in [0.29, 0.717) is 42.3 Å². The molecule has 37 heavy (non-hydrogen) atoms. The largest absolute Gasteiger partial charge is 0.486 e. The van der Waals surface area contributed by atoms with Gasteiger partial charge >= 0.3 is 0 Å². The van der Waals surface area contributed by atoms with E-state index in [9.17, 15) is 22.8 Å². The van der Waals surface area contributed by atoms with E-state index in [4.69, 9.17) is 15.2 Å². The second-order valence-corrected chi connectivity index (χ2v) is 8.74. The van der Waals surface area contributed by atoms with Crippen LogP contribution in [0.1, 0.15) is 46.4 Å². The average molecular weight is 516 g/mol. The molecule has 4 heterocycles. The number of hydrogen-bond acceptors (Lipinski definition) is 6. The molecule has 4 aromatic rings. The minimum absolute atomic E-state index is 0.0499. The van der Waals surface area contributed by atoms with Crippen LogP contribution in [0.25, 0.3) is 11.0 Å². The van der Waals surface area contributed by atoms with Gasteiger partial charge in [0.25, 0.3) is 18.2 Å². The Morgan fingerprint density at radius 1 is 1.08 bits per heavy atom. The van der Waals surface area contributed by atoms with Gasteiger partial charge in [-0.05, 0) is 49.9 Å². The fourth-order valence-corrected chi connectivity index (χ4v) is 4.45. The monoisotopic (exact) mass is 516 g/mol. The maximum Gasteiger partial charge on any atom is 0.272 e. The zero-order valence-corrected chi connectivity index (χ0v) is 19.4. The molecule has 2 amide bonds. The molecule has 0 spiro atoms. The Labute approximate surface area is 208 Å². The van der Waals surface area contributed by atoms with E-state index in [0.717, 1.165) is 6.20 Å². The summed E-state index contributed by atoms with van der Waals surface area (Å²) in [5, 5.41) is 11.3. The van der Waals surface area contributed by atoms with Gasteiger partial charge in [0, 0.05) is 6.04 Å². The van der Waals surface area contributed by atoms with Gasteiger partial charge in [-0.15, -0.1) is 5.10 Å². The summed E-state index contributed by atoms with van der Waals surface area (Å²) in [5.74, 6) is -1.27. The summed E-state index contributed by atoms with van der Waals surface area (Å²) in [6, 6.07) is 5.61. The van der Waals surface area contributed by atoms with Crippen LogP contribution in [0, 0.1) is 5.82 Å². The lowest BCUT2D eigenvalue weighted by atomic mass is 9.92. The first-order valence-electron chi connectivity index (χ1n) is 11.6. The molecule has 10 nitrogen and oxygen atoms in total. The van der Waals surface area contributed by atoms with Crippen LogP contribution < -0.4 is 20.5 Å². The van der Waals surface area contributed by atoms with Crippen LogP contribution >= 0.6 is 0 Å². The van der Waals surface area contributed by atoms with E-state index in [1.165, 1.54) is 39.6 Å². The highest BCUT2D eigenvalue weighted by molar-refractivity contribution is 6.02. The molecule has 0 aromatic carbocycles. The summed E-state index contributed by atoms with van der Waals surface area (Å²) in [5.41, 5.74) is 6.81. The number of fused-ring (bicyclic) bond motifs is 2. The fraction of sp³-hybridized carbons (Fsp3) is 0.333. The molecule has 0 aliphatic heterocycles. The molecule has 0 radical (unpaired) electrons. The fourth-order valence-electron chi connectivity index (χ4n) is 4.45. The van der Waals surface area contributed by atoms with Gasteiger partial charge in [0.05, 0.1) is 35.2 Å². The van der Waals surface area contributed by atoms with Crippen LogP contribution in [0.4, 0.5) is 13.2 Å². The third kappa shape index (κ3) is 5.15. The molecular formula is C24H23F3N6O4. The van der Waals surface area contributed by atoms with Crippen molar-refractivity contribution >= 4 is 22.8 Å². The number of primary amides is 1. The van der Waals surface area contributed by atoms with Crippen molar-refractivity contribution in [1.82, 2.24) is 24.5 Å². The predicted molar refractivity (Wildman–Crippen MR) is 124 cm³/mol. The van der Waals surface area contributed by atoms with Crippen LogP contribution in [0.5, 0.6) is 11.6 Å². The SMILES string of the molecule is NC(=O)c1c(OC2CCC(NC(=O)c3cnn4cc(OCC(F)F)ccc34)CC2)nn2cc(F)ccc12. The number of alkyl halides is 2. The highest BCUT2D eigenvalue weighted by Gasteiger charge is 2.28. The van der Waals surface area contributed by atoms with E-state index in [-0.39, 0.29) is 35.2 Å². The number of ether oxygens (including phenoxy) is 2. The lowest BCUT2D eigenvalue weighted by molar-refractivity contribution is 0.0816. The molecule has 3 N–H and O–H groups in total. The maximum absolute atomic E-state index is 13.6. The van der Waals surface area contributed by atoms with Gasteiger partial charge in [-0.1, -0.05) is 0 Å². The summed E-state index contributed by atoms with van der Waals surface area (Å²) in [6.07, 6.45) is 3.55. The van der Waals surface area contributed by atoms with E-state index >= 15 is 0 Å². The number of nitrogens with zero attached hydrogens (tertiary/aromatic N) is 4. The van der Waals surface area contributed by atoms with Gasteiger partial charge in [-0.3, -0.25) is 9.59 Å². The van der Waals surface area contributed by atoms with Crippen molar-refractivity contribution in [2.24, 2.45) is 5.73 Å². The van der Waals surface area contributed by atoms with Crippen molar-refractivity contribution in [3.63, 3.8) is 0 Å². The Bertz CT molecular complexity index is 1460. The zero-order chi connectivity index (χ0) is 26.1. The minimum Gasteiger partial charge on any atom is -0.486 e. The molecule has 1 fully saturated rings. The minimum atomic E-state index is -2.59. The molecule has 1 saturated carbocycles. The van der Waals surface area contributed by atoms with Crippen LogP contribution in [0.2, 0.25) is 0 Å². The number of aromatic nitrogens is 4. The Hall–Kier alpha value is -4.29. The van der Waals surface area contributed by atoms with Crippen molar-refractivity contribution < 1.29 is 32.2 Å². The number of nitrogens with one attached hydrogen (secondary N) is 1. The van der Waals surface area contributed by atoms with Crippen molar-refractivity contribution in [2.75, 3.05) is 6.61 Å². The maximum atomic E-state index is 13.6. The number of carbonyl (C=O) groups is 2. The van der Waals surface area contributed by atoms with Crippen molar-refractivity contribution in [2.45, 2.75) is 44.3 Å². The Morgan fingerprint density at radius 2 is 1.84 bits per heavy atom. The smallest absolute Gasteiger partial charge is 0.272 e. The Balaban J connectivity index is 1.20. The van der Waals surface area contributed by atoms with Gasteiger partial charge in [0.2, 0.25) is 5.88 Å². The number of halogens is 3. The number of nitrogens with two attached hydrogens (primary N) is 1. The molecule has 0 bridgehead atoms. The molecule has 0 saturated heterocycles. The van der Waals surface area contributed by atoms with Crippen LogP contribution in [-0.4, -0.2) is 56.2 Å². The summed E-state index contributed by atoms with van der Waals surface area (Å²) in [6.45, 7) is -0.730. The lowest BCUT2D eigenvalue weighted by Crippen LogP contribution is -2.39. The summed E-state index contributed by atoms with van der Waals surface area (Å²) >= 11 is 0. The highest BCUT2D eigenvalue weighted by Crippen LogP contribution is 2.28. The predicted octanol–water partition coefficient (Wildman–Crippen LogP) is 2.98. The molecule has 13 heteroatoms. The van der Waals surface area contributed by atoms with Crippen LogP contribution in [-0.2, 0) is 0 Å². The highest BCUT2D eigenvalue weighted by atomic mass is 19.3. The molecule has 194 valence electrons. The van der Waals surface area contributed by atoms with E-state index in [1.54, 1.807) is 6.07 Å². The van der Waals surface area contributed by atoms with Crippen LogP contribution in [0.3, 0.4) is 0 Å². The summed E-state index contributed by atoms with van der Waals surface area (Å²) in [7, 11) is 0. The number of hydrogen-bond donors (Lipinski definition) is 2. The lowest BCUT2D eigenvalue weighted by Gasteiger charge is -2.29. The number of pyridine rings is 2. The summed E-state index contributed by atoms with van der Waals surface area (Å²) < 4.78 is 51.9. The number of carbonyl (C=O) groups excluding carboxylic acids is 2. The molecule has 0 unspecified atom stereocenters. The van der Waals surface area contributed by atoms with E-state index < -0.39 is 24.8 Å². The normalized spacial score (nSPS) is 17.8. The second-order valence-electron chi connectivity index (χ2n) is 8.74. The molecule has 5 rings (SSSR count). The molecule has 1 aliphatic carbocycles. The third-order valence-electron chi connectivity index (χ3n) is 6.21. The summed E-state index contributed by atoms with van der Waals surface area (Å²) in [4.78, 5) is 24.9. The van der Waals surface area contributed by atoms with E-state index in [1.807, 2.05) is 0 Å². The van der Waals surface area contributed by atoms with Crippen molar-refractivity contribution in [1.29, 1.82) is 0 Å². The average Bonchev–Trinajstić information content (AvgIpc) is 3.44.